The molecule has 0 saturated heterocycles. The normalized spacial score (nSPS) is 10.4. The second-order valence-electron chi connectivity index (χ2n) is 3.13. The standard InChI is InChI=1S/C11H10ClN3S/c1-16-11-14-9(12)8(10(13)15-11)7-5-3-2-4-6-7/h2-6H,1H3,(H2,13,14,15). The van der Waals surface area contributed by atoms with Gasteiger partial charge in [0.1, 0.15) is 11.0 Å². The van der Waals surface area contributed by atoms with Crippen molar-refractivity contribution in [1.82, 2.24) is 9.97 Å². The van der Waals surface area contributed by atoms with Crippen LogP contribution in [0.4, 0.5) is 5.82 Å². The lowest BCUT2D eigenvalue weighted by Gasteiger charge is -2.07. The van der Waals surface area contributed by atoms with Crippen LogP contribution in [-0.2, 0) is 0 Å². The van der Waals surface area contributed by atoms with E-state index in [1.54, 1.807) is 0 Å². The zero-order chi connectivity index (χ0) is 11.5. The van der Waals surface area contributed by atoms with Gasteiger partial charge in [0.15, 0.2) is 5.16 Å². The van der Waals surface area contributed by atoms with Crippen LogP contribution >= 0.6 is 23.4 Å². The van der Waals surface area contributed by atoms with Crippen molar-refractivity contribution < 1.29 is 0 Å². The first-order valence-electron chi connectivity index (χ1n) is 4.65. The van der Waals surface area contributed by atoms with E-state index < -0.39 is 0 Å². The third-order valence-corrected chi connectivity index (χ3v) is 2.94. The van der Waals surface area contributed by atoms with Gasteiger partial charge >= 0.3 is 0 Å². The first-order valence-corrected chi connectivity index (χ1v) is 6.25. The molecule has 0 aliphatic rings. The van der Waals surface area contributed by atoms with E-state index in [0.717, 1.165) is 5.56 Å². The Kier molecular flexibility index (Phi) is 3.31. The van der Waals surface area contributed by atoms with E-state index in [2.05, 4.69) is 9.97 Å². The van der Waals surface area contributed by atoms with Gasteiger partial charge in [0, 0.05) is 0 Å². The maximum Gasteiger partial charge on any atom is 0.190 e. The average Bonchev–Trinajstić information content (AvgIpc) is 2.29. The van der Waals surface area contributed by atoms with E-state index in [9.17, 15) is 0 Å². The Balaban J connectivity index is 2.58. The lowest BCUT2D eigenvalue weighted by molar-refractivity contribution is 0.982. The molecule has 0 amide bonds. The Morgan fingerprint density at radius 1 is 1.19 bits per heavy atom. The number of halogens is 1. The Bertz CT molecular complexity index is 479. The highest BCUT2D eigenvalue weighted by Crippen LogP contribution is 2.31. The van der Waals surface area contributed by atoms with Crippen molar-refractivity contribution in [3.05, 3.63) is 35.5 Å². The molecule has 0 atom stereocenters. The topological polar surface area (TPSA) is 51.8 Å². The fraction of sp³-hybridized carbons (Fsp3) is 0.0909. The highest BCUT2D eigenvalue weighted by atomic mass is 35.5. The summed E-state index contributed by atoms with van der Waals surface area (Å²) in [7, 11) is 0. The first-order chi connectivity index (χ1) is 7.72. The molecular weight excluding hydrogens is 242 g/mol. The lowest BCUT2D eigenvalue weighted by Crippen LogP contribution is -1.99. The lowest BCUT2D eigenvalue weighted by atomic mass is 10.1. The summed E-state index contributed by atoms with van der Waals surface area (Å²) in [5, 5.41) is 0.977. The van der Waals surface area contributed by atoms with Crippen molar-refractivity contribution in [3.8, 4) is 11.1 Å². The van der Waals surface area contributed by atoms with Gasteiger partial charge in [0.05, 0.1) is 5.56 Å². The van der Waals surface area contributed by atoms with Crippen molar-refractivity contribution in [2.75, 3.05) is 12.0 Å². The van der Waals surface area contributed by atoms with Gasteiger partial charge in [-0.05, 0) is 11.8 Å². The van der Waals surface area contributed by atoms with Crippen molar-refractivity contribution in [1.29, 1.82) is 0 Å². The van der Waals surface area contributed by atoms with E-state index >= 15 is 0 Å². The molecule has 2 rings (SSSR count). The summed E-state index contributed by atoms with van der Waals surface area (Å²) in [4.78, 5) is 8.34. The molecule has 82 valence electrons. The molecule has 2 aromatic rings. The molecule has 0 bridgehead atoms. The van der Waals surface area contributed by atoms with Crippen LogP contribution in [0.3, 0.4) is 0 Å². The van der Waals surface area contributed by atoms with Crippen LogP contribution in [0.15, 0.2) is 35.5 Å². The Morgan fingerprint density at radius 3 is 2.44 bits per heavy atom. The number of nitrogens with zero attached hydrogens (tertiary/aromatic N) is 2. The van der Waals surface area contributed by atoms with Gasteiger partial charge in [-0.2, -0.15) is 0 Å². The van der Waals surface area contributed by atoms with E-state index in [-0.39, 0.29) is 0 Å². The number of thioether (sulfide) groups is 1. The molecular formula is C11H10ClN3S. The van der Waals surface area contributed by atoms with Gasteiger partial charge in [-0.15, -0.1) is 0 Å². The summed E-state index contributed by atoms with van der Waals surface area (Å²) in [5.74, 6) is 0.413. The molecule has 5 heteroatoms. The molecule has 0 aliphatic carbocycles. The highest BCUT2D eigenvalue weighted by Gasteiger charge is 2.11. The van der Waals surface area contributed by atoms with Gasteiger partial charge in [-0.3, -0.25) is 0 Å². The van der Waals surface area contributed by atoms with Gasteiger partial charge in [0.2, 0.25) is 0 Å². The average molecular weight is 252 g/mol. The number of nitrogen functional groups attached to an aromatic ring is 1. The summed E-state index contributed by atoms with van der Waals surface area (Å²) in [6, 6.07) is 9.64. The van der Waals surface area contributed by atoms with Crippen molar-refractivity contribution in [2.45, 2.75) is 5.16 Å². The van der Waals surface area contributed by atoms with E-state index in [1.165, 1.54) is 11.8 Å². The maximum absolute atomic E-state index is 6.10. The monoisotopic (exact) mass is 251 g/mol. The SMILES string of the molecule is CSc1nc(N)c(-c2ccccc2)c(Cl)n1. The van der Waals surface area contributed by atoms with Gasteiger partial charge in [-0.25, -0.2) is 9.97 Å². The fourth-order valence-corrected chi connectivity index (χ4v) is 2.10. The van der Waals surface area contributed by atoms with Gasteiger partial charge < -0.3 is 5.73 Å². The largest absolute Gasteiger partial charge is 0.383 e. The molecule has 0 saturated carbocycles. The second kappa shape index (κ2) is 4.72. The molecule has 0 spiro atoms. The number of hydrogen-bond donors (Lipinski definition) is 1. The van der Waals surface area contributed by atoms with Crippen molar-refractivity contribution in [3.63, 3.8) is 0 Å². The summed E-state index contributed by atoms with van der Waals surface area (Å²) in [6.07, 6.45) is 1.88. The van der Waals surface area contributed by atoms with E-state index in [1.807, 2.05) is 36.6 Å². The number of aromatic nitrogens is 2. The second-order valence-corrected chi connectivity index (χ2v) is 4.26. The number of hydrogen-bond acceptors (Lipinski definition) is 4. The van der Waals surface area contributed by atoms with Crippen molar-refractivity contribution >= 4 is 29.2 Å². The van der Waals surface area contributed by atoms with E-state index in [4.69, 9.17) is 17.3 Å². The van der Waals surface area contributed by atoms with E-state index in [0.29, 0.717) is 21.7 Å². The zero-order valence-corrected chi connectivity index (χ0v) is 10.2. The predicted octanol–water partition coefficient (Wildman–Crippen LogP) is 3.10. The van der Waals surface area contributed by atoms with Crippen LogP contribution in [0.2, 0.25) is 5.15 Å². The Labute approximate surface area is 103 Å². The summed E-state index contributed by atoms with van der Waals surface area (Å²) in [5.41, 5.74) is 7.50. The highest BCUT2D eigenvalue weighted by molar-refractivity contribution is 7.98. The smallest absolute Gasteiger partial charge is 0.190 e. The number of nitrogens with two attached hydrogens (primary N) is 1. The summed E-state index contributed by atoms with van der Waals surface area (Å²) >= 11 is 7.52. The molecule has 2 N–H and O–H groups in total. The minimum absolute atomic E-state index is 0.392. The molecule has 1 aromatic carbocycles. The van der Waals surface area contributed by atoms with Crippen LogP contribution in [0.25, 0.3) is 11.1 Å². The summed E-state index contributed by atoms with van der Waals surface area (Å²) in [6.45, 7) is 0. The van der Waals surface area contributed by atoms with Crippen LogP contribution in [0, 0.1) is 0 Å². The minimum atomic E-state index is 0.392. The Morgan fingerprint density at radius 2 is 1.88 bits per heavy atom. The fourth-order valence-electron chi connectivity index (χ4n) is 1.39. The van der Waals surface area contributed by atoms with Crippen LogP contribution in [-0.4, -0.2) is 16.2 Å². The molecule has 3 nitrogen and oxygen atoms in total. The Hall–Kier alpha value is -1.26. The van der Waals surface area contributed by atoms with Crippen LogP contribution in [0.5, 0.6) is 0 Å². The molecule has 0 unspecified atom stereocenters. The third kappa shape index (κ3) is 2.13. The quantitative estimate of drug-likeness (QED) is 0.506. The van der Waals surface area contributed by atoms with Crippen LogP contribution < -0.4 is 5.73 Å². The third-order valence-electron chi connectivity index (χ3n) is 2.12. The predicted molar refractivity (Wildman–Crippen MR) is 68.7 cm³/mol. The van der Waals surface area contributed by atoms with Crippen LogP contribution in [0.1, 0.15) is 0 Å². The maximum atomic E-state index is 6.10. The molecule has 0 fully saturated rings. The van der Waals surface area contributed by atoms with Gasteiger partial charge in [-0.1, -0.05) is 53.7 Å². The number of anilines is 1. The molecule has 1 heterocycles. The van der Waals surface area contributed by atoms with Gasteiger partial charge in [0.25, 0.3) is 0 Å². The first kappa shape index (κ1) is 11.2. The minimum Gasteiger partial charge on any atom is -0.383 e. The van der Waals surface area contributed by atoms with Crippen molar-refractivity contribution in [2.24, 2.45) is 0 Å². The molecule has 16 heavy (non-hydrogen) atoms. The summed E-state index contributed by atoms with van der Waals surface area (Å²) < 4.78 is 0. The zero-order valence-electron chi connectivity index (χ0n) is 8.64. The molecule has 0 aliphatic heterocycles. The number of rotatable bonds is 2. The molecule has 0 radical (unpaired) electrons. The number of benzene rings is 1. The molecule has 1 aromatic heterocycles.